The monoisotopic (exact) mass is 1150 g/mol. The van der Waals surface area contributed by atoms with Crippen LogP contribution in [0.3, 0.4) is 0 Å². The van der Waals surface area contributed by atoms with Crippen molar-refractivity contribution in [2.24, 2.45) is 11.0 Å². The third-order valence-electron chi connectivity index (χ3n) is 15.8. The van der Waals surface area contributed by atoms with Crippen molar-refractivity contribution >= 4 is 5.97 Å². The van der Waals surface area contributed by atoms with Gasteiger partial charge < -0.3 is 47.7 Å². The molecular weight excluding hydrogens is 1060 g/mol. The van der Waals surface area contributed by atoms with E-state index in [1.807, 2.05) is 189 Å². The summed E-state index contributed by atoms with van der Waals surface area (Å²) in [5.74, 6) is -0.975. The molecule has 6 unspecified atom stereocenters. The Labute approximate surface area is 497 Å². The molecule has 8 rings (SSSR count). The Morgan fingerprint density at radius 1 is 0.488 bits per heavy atom. The maximum absolute atomic E-state index is 14.7. The first-order valence-corrected chi connectivity index (χ1v) is 30.5. The Hall–Kier alpha value is -6.26. The Balaban J connectivity index is 1.14. The van der Waals surface area contributed by atoms with Crippen LogP contribution in [0, 0.1) is 5.92 Å². The molecule has 6 aromatic carbocycles. The number of rotatable bonds is 36. The highest BCUT2D eigenvalue weighted by molar-refractivity contribution is 5.72. The Morgan fingerprint density at radius 2 is 0.845 bits per heavy atom. The second-order valence-electron chi connectivity index (χ2n) is 22.3. The highest BCUT2D eigenvalue weighted by Gasteiger charge is 2.58. The van der Waals surface area contributed by atoms with E-state index < -0.39 is 79.2 Å². The quantitative estimate of drug-likeness (QED) is 0.0131. The van der Waals surface area contributed by atoms with Crippen LogP contribution in [0.1, 0.15) is 124 Å². The molecule has 0 bridgehead atoms. The van der Waals surface area contributed by atoms with Crippen molar-refractivity contribution in [3.8, 4) is 0 Å². The molecule has 1 saturated carbocycles. The number of hydrogen-bond acceptors (Lipinski definition) is 12. The van der Waals surface area contributed by atoms with Crippen molar-refractivity contribution in [1.29, 1.82) is 0 Å². The van der Waals surface area contributed by atoms with Crippen molar-refractivity contribution in [3.05, 3.63) is 226 Å². The molecule has 14 nitrogen and oxygen atoms in total. The van der Waals surface area contributed by atoms with E-state index >= 15 is 0 Å². The van der Waals surface area contributed by atoms with Crippen molar-refractivity contribution in [3.63, 3.8) is 0 Å². The third kappa shape index (κ3) is 20.2. The van der Waals surface area contributed by atoms with Crippen LogP contribution in [0.4, 0.5) is 0 Å². The summed E-state index contributed by atoms with van der Waals surface area (Å²) in [5.41, 5.74) is 15.8. The molecule has 448 valence electrons. The first kappa shape index (κ1) is 63.8. The molecule has 2 aliphatic rings. The van der Waals surface area contributed by atoms with Gasteiger partial charge in [-0.25, -0.2) is 0 Å². The first-order chi connectivity index (χ1) is 41.4. The smallest absolute Gasteiger partial charge is 0.309 e. The molecule has 1 aliphatic heterocycles. The SMILES string of the molecule is CCCCCCCCCCCCCC(C)C(=O)O[C@@H]1C(O)C(O[C@@H]2OC(COCc3ccccc3)[C@H](OCc3ccccc3)[C@H](OCc3ccccc3)C2N=[N+]=[N-])[C@H](OCc2ccccc2)[C@H](OCc2ccccc2)C1OCc1ccccc1. The van der Waals surface area contributed by atoms with E-state index in [0.29, 0.717) is 6.42 Å². The molecule has 0 amide bonds. The number of aliphatic hydroxyl groups is 1. The van der Waals surface area contributed by atoms with Gasteiger partial charge in [0, 0.05) is 4.91 Å². The zero-order chi connectivity index (χ0) is 58.4. The van der Waals surface area contributed by atoms with E-state index in [0.717, 1.165) is 52.6 Å². The van der Waals surface area contributed by atoms with Gasteiger partial charge in [-0.1, -0.05) is 272 Å². The largest absolute Gasteiger partial charge is 0.456 e. The van der Waals surface area contributed by atoms with Crippen LogP contribution < -0.4 is 0 Å². The minimum absolute atomic E-state index is 0.0129. The van der Waals surface area contributed by atoms with Crippen LogP contribution in [0.25, 0.3) is 10.4 Å². The van der Waals surface area contributed by atoms with Gasteiger partial charge in [-0.15, -0.1) is 0 Å². The number of benzene rings is 6. The number of hydrogen-bond donors (Lipinski definition) is 1. The molecule has 0 aromatic heterocycles. The van der Waals surface area contributed by atoms with E-state index in [2.05, 4.69) is 16.9 Å². The lowest BCUT2D eigenvalue weighted by Gasteiger charge is -2.51. The molecule has 2 fully saturated rings. The van der Waals surface area contributed by atoms with Gasteiger partial charge in [0.15, 0.2) is 12.4 Å². The van der Waals surface area contributed by atoms with Crippen molar-refractivity contribution < 1.29 is 52.5 Å². The maximum atomic E-state index is 14.7. The molecule has 1 saturated heterocycles. The first-order valence-electron chi connectivity index (χ1n) is 30.5. The zero-order valence-corrected chi connectivity index (χ0v) is 49.1. The van der Waals surface area contributed by atoms with Crippen LogP contribution in [0.5, 0.6) is 0 Å². The van der Waals surface area contributed by atoms with Crippen LogP contribution in [0.15, 0.2) is 187 Å². The summed E-state index contributed by atoms with van der Waals surface area (Å²) in [6.45, 7) is 4.99. The van der Waals surface area contributed by atoms with E-state index in [1.54, 1.807) is 0 Å². The second-order valence-corrected chi connectivity index (χ2v) is 22.3. The maximum Gasteiger partial charge on any atom is 0.309 e. The highest BCUT2D eigenvalue weighted by atomic mass is 16.7. The predicted octanol–water partition coefficient (Wildman–Crippen LogP) is 14.5. The van der Waals surface area contributed by atoms with E-state index in [-0.39, 0.29) is 46.2 Å². The number of esters is 1. The minimum atomic E-state index is -1.61. The molecule has 12 atom stereocenters. The molecule has 1 N–H and O–H groups in total. The molecule has 1 heterocycles. The average Bonchev–Trinajstić information content (AvgIpc) is 2.38. The molecule has 6 aromatic rings. The molecular formula is C70H87N3O11. The van der Waals surface area contributed by atoms with Gasteiger partial charge in [0.1, 0.15) is 54.9 Å². The number of nitrogens with zero attached hydrogens (tertiary/aromatic N) is 3. The number of carbonyl (C=O) groups is 1. The fourth-order valence-corrected chi connectivity index (χ4v) is 11.1. The summed E-state index contributed by atoms with van der Waals surface area (Å²) in [5, 5.41) is 17.7. The van der Waals surface area contributed by atoms with Crippen LogP contribution in [0.2, 0.25) is 0 Å². The average molecular weight is 1150 g/mol. The molecule has 1 aliphatic carbocycles. The lowest BCUT2D eigenvalue weighted by Crippen LogP contribution is -2.69. The van der Waals surface area contributed by atoms with E-state index in [9.17, 15) is 15.4 Å². The summed E-state index contributed by atoms with van der Waals surface area (Å²) >= 11 is 0. The van der Waals surface area contributed by atoms with Crippen LogP contribution in [-0.2, 0) is 87.1 Å². The van der Waals surface area contributed by atoms with Gasteiger partial charge in [0.2, 0.25) is 0 Å². The molecule has 0 spiro atoms. The number of unbranched alkanes of at least 4 members (excludes halogenated alkanes) is 10. The Bertz CT molecular complexity index is 2760. The molecule has 14 heteroatoms. The molecule has 0 radical (unpaired) electrons. The van der Waals surface area contributed by atoms with Gasteiger partial charge in [-0.2, -0.15) is 0 Å². The summed E-state index contributed by atoms with van der Waals surface area (Å²) in [7, 11) is 0. The van der Waals surface area contributed by atoms with Gasteiger partial charge in [-0.05, 0) is 45.3 Å². The lowest BCUT2D eigenvalue weighted by molar-refractivity contribution is -0.336. The number of azide groups is 1. The highest BCUT2D eigenvalue weighted by Crippen LogP contribution is 2.39. The third-order valence-corrected chi connectivity index (χ3v) is 15.8. The number of carbonyl (C=O) groups excluding carboxylic acids is 1. The number of ether oxygens (including phenoxy) is 9. The van der Waals surface area contributed by atoms with E-state index in [1.165, 1.54) is 51.4 Å². The Morgan fingerprint density at radius 3 is 1.26 bits per heavy atom. The summed E-state index contributed by atoms with van der Waals surface area (Å²) < 4.78 is 61.9. The van der Waals surface area contributed by atoms with Crippen molar-refractivity contribution in [1.82, 2.24) is 0 Å². The summed E-state index contributed by atoms with van der Waals surface area (Å²) in [6.07, 6.45) is 2.00. The van der Waals surface area contributed by atoms with Gasteiger partial charge in [0.25, 0.3) is 0 Å². The zero-order valence-electron chi connectivity index (χ0n) is 49.1. The number of aliphatic hydroxyl groups excluding tert-OH is 1. The fraction of sp³-hybridized carbons (Fsp3) is 0.471. The molecule has 84 heavy (non-hydrogen) atoms. The van der Waals surface area contributed by atoms with E-state index in [4.69, 9.17) is 42.6 Å². The van der Waals surface area contributed by atoms with Gasteiger partial charge in [0.05, 0.1) is 52.2 Å². The topological polar surface area (TPSA) is 169 Å². The van der Waals surface area contributed by atoms with Crippen LogP contribution in [-0.4, -0.2) is 85.0 Å². The van der Waals surface area contributed by atoms with Gasteiger partial charge in [-0.3, -0.25) is 4.79 Å². The standard InChI is InChI=1S/C70H87N3O11/c1-3-4-5-6-7-8-9-10-11-12-19-32-52(2)69(75)83-64-61(74)65(67(80-49-57-41-28-17-29-42-57)68(81-50-58-43-30-18-31-44-58)66(64)79-48-56-39-26-16-27-40-56)84-70-60(72-73-71)63(78-47-55-37-24-15-25-38-55)62(77-46-54-35-22-14-23-36-54)59(82-70)51-76-45-53-33-20-13-21-34-53/h13-18,20-31,33-44,52,59-68,70,74H,3-12,19,32,45-51H2,1-2H3/t52?,59?,60?,61?,62-,63+,64+,65?,66?,67-,68+,70-/m0/s1. The lowest BCUT2D eigenvalue weighted by atomic mass is 9.83. The normalized spacial score (nSPS) is 23.5. The minimum Gasteiger partial charge on any atom is -0.456 e. The van der Waals surface area contributed by atoms with Gasteiger partial charge >= 0.3 is 5.97 Å². The summed E-state index contributed by atoms with van der Waals surface area (Å²) in [4.78, 5) is 18.0. The van der Waals surface area contributed by atoms with Crippen molar-refractivity contribution in [2.45, 2.75) is 198 Å². The fourth-order valence-electron chi connectivity index (χ4n) is 11.1. The van der Waals surface area contributed by atoms with Crippen LogP contribution >= 0.6 is 0 Å². The predicted molar refractivity (Wildman–Crippen MR) is 324 cm³/mol. The second kappa shape index (κ2) is 35.9. The van der Waals surface area contributed by atoms with Crippen molar-refractivity contribution in [2.75, 3.05) is 6.61 Å². The summed E-state index contributed by atoms with van der Waals surface area (Å²) in [6, 6.07) is 57.2. The Kier molecular flexibility index (Phi) is 27.2.